The van der Waals surface area contributed by atoms with Crippen molar-refractivity contribution in [2.24, 2.45) is 0 Å². The Bertz CT molecular complexity index is 318. The van der Waals surface area contributed by atoms with Crippen LogP contribution in [0.1, 0.15) is 39.2 Å². The number of aryl methyl sites for hydroxylation is 1. The maximum atomic E-state index is 5.64. The van der Waals surface area contributed by atoms with Crippen molar-refractivity contribution < 1.29 is 4.74 Å². The summed E-state index contributed by atoms with van der Waals surface area (Å²) >= 11 is 0. The van der Waals surface area contributed by atoms with Gasteiger partial charge in [0.2, 0.25) is 0 Å². The van der Waals surface area contributed by atoms with Crippen molar-refractivity contribution in [3.05, 3.63) is 41.5 Å². The second-order valence-electron chi connectivity index (χ2n) is 4.31. The van der Waals surface area contributed by atoms with Crippen LogP contribution in [0.3, 0.4) is 0 Å². The van der Waals surface area contributed by atoms with Crippen LogP contribution < -0.4 is 4.74 Å². The summed E-state index contributed by atoms with van der Waals surface area (Å²) in [6.07, 6.45) is 5.53. The predicted octanol–water partition coefficient (Wildman–Crippen LogP) is 4.37. The summed E-state index contributed by atoms with van der Waals surface area (Å²) in [4.78, 5) is 0. The lowest BCUT2D eigenvalue weighted by molar-refractivity contribution is 0.324. The standard InChI is InChI=1S/C15H22O/c1-4-6-14-8-10-15(11-9-14)16-12-5-7-13(2)3/h7-11H,4-6,12H2,1-3H3. The van der Waals surface area contributed by atoms with Crippen LogP contribution >= 0.6 is 0 Å². The van der Waals surface area contributed by atoms with E-state index in [0.717, 1.165) is 25.2 Å². The van der Waals surface area contributed by atoms with Gasteiger partial charge >= 0.3 is 0 Å². The maximum Gasteiger partial charge on any atom is 0.119 e. The van der Waals surface area contributed by atoms with Gasteiger partial charge in [-0.25, -0.2) is 0 Å². The summed E-state index contributed by atoms with van der Waals surface area (Å²) in [5, 5.41) is 0. The Kier molecular flexibility index (Phi) is 5.69. The van der Waals surface area contributed by atoms with E-state index in [1.807, 2.05) is 0 Å². The van der Waals surface area contributed by atoms with E-state index in [9.17, 15) is 0 Å². The molecule has 1 aromatic rings. The molecule has 1 heteroatoms. The summed E-state index contributed by atoms with van der Waals surface area (Å²) in [5.74, 6) is 0.974. The third kappa shape index (κ3) is 5.01. The second-order valence-corrected chi connectivity index (χ2v) is 4.31. The normalized spacial score (nSPS) is 9.94. The summed E-state index contributed by atoms with van der Waals surface area (Å²) in [5.41, 5.74) is 2.74. The molecule has 0 N–H and O–H groups in total. The fourth-order valence-electron chi connectivity index (χ4n) is 1.57. The molecule has 0 bridgehead atoms. The molecule has 0 spiro atoms. The molecule has 0 fully saturated rings. The molecule has 1 nitrogen and oxygen atoms in total. The molecule has 0 aliphatic rings. The molecule has 0 aromatic heterocycles. The van der Waals surface area contributed by atoms with Crippen LogP contribution in [0.5, 0.6) is 5.75 Å². The van der Waals surface area contributed by atoms with Crippen LogP contribution in [-0.2, 0) is 6.42 Å². The van der Waals surface area contributed by atoms with Crippen LogP contribution in [0.2, 0.25) is 0 Å². The Balaban J connectivity index is 2.34. The molecule has 16 heavy (non-hydrogen) atoms. The molecule has 88 valence electrons. The summed E-state index contributed by atoms with van der Waals surface area (Å²) in [6.45, 7) is 7.18. The topological polar surface area (TPSA) is 9.23 Å². The number of hydrogen-bond donors (Lipinski definition) is 0. The molecule has 0 aliphatic carbocycles. The summed E-state index contributed by atoms with van der Waals surface area (Å²) < 4.78 is 5.64. The van der Waals surface area contributed by atoms with E-state index in [1.165, 1.54) is 17.6 Å². The minimum atomic E-state index is 0.762. The van der Waals surface area contributed by atoms with Crippen LogP contribution in [0, 0.1) is 0 Å². The monoisotopic (exact) mass is 218 g/mol. The molecule has 0 saturated carbocycles. The molecule has 0 saturated heterocycles. The molecule has 0 aliphatic heterocycles. The molecular formula is C15H22O. The number of benzene rings is 1. The zero-order valence-corrected chi connectivity index (χ0v) is 10.6. The Morgan fingerprint density at radius 3 is 2.44 bits per heavy atom. The quantitative estimate of drug-likeness (QED) is 0.509. The van der Waals surface area contributed by atoms with Gasteiger partial charge in [-0.3, -0.25) is 0 Å². The van der Waals surface area contributed by atoms with Gasteiger partial charge in [-0.15, -0.1) is 0 Å². The fraction of sp³-hybridized carbons (Fsp3) is 0.467. The van der Waals surface area contributed by atoms with Crippen LogP contribution in [0.15, 0.2) is 35.9 Å². The van der Waals surface area contributed by atoms with Crippen LogP contribution in [-0.4, -0.2) is 6.61 Å². The number of ether oxygens (including phenoxy) is 1. The van der Waals surface area contributed by atoms with Crippen molar-refractivity contribution in [1.82, 2.24) is 0 Å². The minimum absolute atomic E-state index is 0.762. The Labute approximate surface area is 99.1 Å². The molecule has 0 radical (unpaired) electrons. The lowest BCUT2D eigenvalue weighted by Gasteiger charge is -2.05. The van der Waals surface area contributed by atoms with E-state index in [1.54, 1.807) is 0 Å². The zero-order valence-electron chi connectivity index (χ0n) is 10.6. The number of hydrogen-bond acceptors (Lipinski definition) is 1. The lowest BCUT2D eigenvalue weighted by atomic mass is 10.1. The maximum absolute atomic E-state index is 5.64. The molecule has 1 rings (SSSR count). The summed E-state index contributed by atoms with van der Waals surface area (Å²) in [7, 11) is 0. The summed E-state index contributed by atoms with van der Waals surface area (Å²) in [6, 6.07) is 8.43. The highest BCUT2D eigenvalue weighted by molar-refractivity contribution is 5.27. The minimum Gasteiger partial charge on any atom is -0.493 e. The third-order valence-corrected chi connectivity index (χ3v) is 2.40. The van der Waals surface area contributed by atoms with Crippen molar-refractivity contribution in [2.75, 3.05) is 6.61 Å². The van der Waals surface area contributed by atoms with E-state index in [4.69, 9.17) is 4.74 Å². The highest BCUT2D eigenvalue weighted by atomic mass is 16.5. The van der Waals surface area contributed by atoms with Gasteiger partial charge in [-0.1, -0.05) is 37.1 Å². The first-order chi connectivity index (χ1) is 7.72. The van der Waals surface area contributed by atoms with Gasteiger partial charge in [0.25, 0.3) is 0 Å². The fourth-order valence-corrected chi connectivity index (χ4v) is 1.57. The molecule has 0 atom stereocenters. The van der Waals surface area contributed by atoms with E-state index < -0.39 is 0 Å². The van der Waals surface area contributed by atoms with Crippen molar-refractivity contribution in [3.63, 3.8) is 0 Å². The van der Waals surface area contributed by atoms with E-state index in [0.29, 0.717) is 0 Å². The van der Waals surface area contributed by atoms with Gasteiger partial charge < -0.3 is 4.74 Å². The van der Waals surface area contributed by atoms with E-state index in [2.05, 4.69) is 51.1 Å². The first-order valence-corrected chi connectivity index (χ1v) is 6.07. The number of allylic oxidation sites excluding steroid dienone is 1. The van der Waals surface area contributed by atoms with Gasteiger partial charge in [0.05, 0.1) is 6.61 Å². The smallest absolute Gasteiger partial charge is 0.119 e. The van der Waals surface area contributed by atoms with Crippen molar-refractivity contribution in [1.29, 1.82) is 0 Å². The molecule has 0 heterocycles. The van der Waals surface area contributed by atoms with E-state index in [-0.39, 0.29) is 0 Å². The first kappa shape index (κ1) is 12.8. The van der Waals surface area contributed by atoms with Crippen LogP contribution in [0.25, 0.3) is 0 Å². The molecular weight excluding hydrogens is 196 g/mol. The SMILES string of the molecule is CCCc1ccc(OCCC=C(C)C)cc1. The molecule has 1 aromatic carbocycles. The van der Waals surface area contributed by atoms with Gasteiger partial charge in [0, 0.05) is 0 Å². The second kappa shape index (κ2) is 7.10. The predicted molar refractivity (Wildman–Crippen MR) is 70.0 cm³/mol. The Hall–Kier alpha value is -1.24. The lowest BCUT2D eigenvalue weighted by Crippen LogP contribution is -1.96. The van der Waals surface area contributed by atoms with Crippen molar-refractivity contribution in [3.8, 4) is 5.75 Å². The van der Waals surface area contributed by atoms with Gasteiger partial charge in [-0.2, -0.15) is 0 Å². The van der Waals surface area contributed by atoms with Crippen molar-refractivity contribution in [2.45, 2.75) is 40.0 Å². The Morgan fingerprint density at radius 1 is 1.19 bits per heavy atom. The third-order valence-electron chi connectivity index (χ3n) is 2.40. The largest absolute Gasteiger partial charge is 0.493 e. The molecule has 0 amide bonds. The van der Waals surface area contributed by atoms with E-state index >= 15 is 0 Å². The highest BCUT2D eigenvalue weighted by Gasteiger charge is 1.94. The average molecular weight is 218 g/mol. The molecule has 0 unspecified atom stereocenters. The van der Waals surface area contributed by atoms with Crippen LogP contribution in [0.4, 0.5) is 0 Å². The van der Waals surface area contributed by atoms with Crippen molar-refractivity contribution >= 4 is 0 Å². The highest BCUT2D eigenvalue weighted by Crippen LogP contribution is 2.13. The number of rotatable bonds is 6. The van der Waals surface area contributed by atoms with Gasteiger partial charge in [0.1, 0.15) is 5.75 Å². The van der Waals surface area contributed by atoms with Gasteiger partial charge in [0.15, 0.2) is 0 Å². The van der Waals surface area contributed by atoms with Gasteiger partial charge in [-0.05, 0) is 44.4 Å². The zero-order chi connectivity index (χ0) is 11.8. The average Bonchev–Trinajstić information content (AvgIpc) is 2.27. The Morgan fingerprint density at radius 2 is 1.88 bits per heavy atom. The first-order valence-electron chi connectivity index (χ1n) is 6.07.